The van der Waals surface area contributed by atoms with Gasteiger partial charge in [0, 0.05) is 17.7 Å². The summed E-state index contributed by atoms with van der Waals surface area (Å²) < 4.78 is 10.8. The van der Waals surface area contributed by atoms with Crippen molar-refractivity contribution in [2.45, 2.75) is 26.3 Å². The fraction of sp³-hybridized carbons (Fsp3) is 0.500. The van der Waals surface area contributed by atoms with Gasteiger partial charge in [0.05, 0.1) is 13.7 Å². The molecule has 1 atom stereocenters. The van der Waals surface area contributed by atoms with Crippen molar-refractivity contribution in [2.24, 2.45) is 5.73 Å². The number of benzene rings is 1. The highest BCUT2D eigenvalue weighted by Crippen LogP contribution is 2.28. The molecule has 3 heteroatoms. The molecule has 0 amide bonds. The predicted molar refractivity (Wildman–Crippen MR) is 61.4 cm³/mol. The van der Waals surface area contributed by atoms with Crippen molar-refractivity contribution in [1.29, 1.82) is 0 Å². The average Bonchev–Trinajstić information content (AvgIpc) is 2.25. The summed E-state index contributed by atoms with van der Waals surface area (Å²) in [7, 11) is 1.64. The maximum absolute atomic E-state index is 5.86. The number of ether oxygens (including phenoxy) is 2. The molecule has 0 aliphatic heterocycles. The smallest absolute Gasteiger partial charge is 0.127 e. The Labute approximate surface area is 91.2 Å². The normalized spacial score (nSPS) is 12.3. The van der Waals surface area contributed by atoms with Crippen LogP contribution in [-0.4, -0.2) is 13.7 Å². The molecular formula is C12H19NO2. The largest absolute Gasteiger partial charge is 0.497 e. The Bertz CT molecular complexity index is 310. The van der Waals surface area contributed by atoms with Gasteiger partial charge in [0.2, 0.25) is 0 Å². The number of methoxy groups -OCH3 is 1. The molecule has 1 aromatic rings. The minimum absolute atomic E-state index is 0.0252. The zero-order chi connectivity index (χ0) is 11.3. The van der Waals surface area contributed by atoms with Gasteiger partial charge in [-0.1, -0.05) is 13.0 Å². The summed E-state index contributed by atoms with van der Waals surface area (Å²) in [4.78, 5) is 0. The van der Waals surface area contributed by atoms with E-state index in [1.54, 1.807) is 7.11 Å². The van der Waals surface area contributed by atoms with Crippen molar-refractivity contribution < 1.29 is 9.47 Å². The van der Waals surface area contributed by atoms with Crippen LogP contribution < -0.4 is 15.2 Å². The number of rotatable bonds is 5. The monoisotopic (exact) mass is 209 g/mol. The van der Waals surface area contributed by atoms with E-state index in [4.69, 9.17) is 15.2 Å². The first-order valence-corrected chi connectivity index (χ1v) is 5.25. The van der Waals surface area contributed by atoms with Crippen LogP contribution in [0.3, 0.4) is 0 Å². The average molecular weight is 209 g/mol. The van der Waals surface area contributed by atoms with E-state index in [0.29, 0.717) is 6.61 Å². The SMILES string of the molecule is CCCOc1cc(OC)ccc1[C@@H](C)N. The van der Waals surface area contributed by atoms with Crippen molar-refractivity contribution in [1.82, 2.24) is 0 Å². The molecular weight excluding hydrogens is 190 g/mol. The lowest BCUT2D eigenvalue weighted by Crippen LogP contribution is -2.08. The molecule has 0 spiro atoms. The molecule has 0 saturated carbocycles. The summed E-state index contributed by atoms with van der Waals surface area (Å²) in [5.41, 5.74) is 6.87. The molecule has 0 aliphatic rings. The van der Waals surface area contributed by atoms with Crippen LogP contribution in [0.25, 0.3) is 0 Å². The van der Waals surface area contributed by atoms with Gasteiger partial charge in [-0.15, -0.1) is 0 Å². The molecule has 1 aromatic carbocycles. The summed E-state index contributed by atoms with van der Waals surface area (Å²) in [6, 6.07) is 5.71. The van der Waals surface area contributed by atoms with Crippen LogP contribution in [-0.2, 0) is 0 Å². The second-order valence-corrected chi connectivity index (χ2v) is 3.54. The first-order valence-electron chi connectivity index (χ1n) is 5.25. The van der Waals surface area contributed by atoms with Crippen LogP contribution in [0.15, 0.2) is 18.2 Å². The van der Waals surface area contributed by atoms with Gasteiger partial charge in [-0.3, -0.25) is 0 Å². The van der Waals surface area contributed by atoms with Crippen LogP contribution >= 0.6 is 0 Å². The Morgan fingerprint density at radius 1 is 1.40 bits per heavy atom. The van der Waals surface area contributed by atoms with Gasteiger partial charge in [-0.05, 0) is 19.4 Å². The molecule has 0 bridgehead atoms. The van der Waals surface area contributed by atoms with E-state index in [9.17, 15) is 0 Å². The molecule has 0 saturated heterocycles. The first-order chi connectivity index (χ1) is 7.19. The summed E-state index contributed by atoms with van der Waals surface area (Å²) in [5.74, 6) is 1.62. The summed E-state index contributed by atoms with van der Waals surface area (Å²) in [5, 5.41) is 0. The zero-order valence-corrected chi connectivity index (χ0v) is 9.62. The van der Waals surface area contributed by atoms with Gasteiger partial charge in [0.1, 0.15) is 11.5 Å². The Kier molecular flexibility index (Phi) is 4.43. The Hall–Kier alpha value is -1.22. The molecule has 0 radical (unpaired) electrons. The van der Waals surface area contributed by atoms with E-state index in [2.05, 4.69) is 6.92 Å². The molecule has 84 valence electrons. The van der Waals surface area contributed by atoms with E-state index in [1.165, 1.54) is 0 Å². The number of hydrogen-bond donors (Lipinski definition) is 1. The van der Waals surface area contributed by atoms with E-state index >= 15 is 0 Å². The van der Waals surface area contributed by atoms with Crippen molar-refractivity contribution in [3.8, 4) is 11.5 Å². The minimum atomic E-state index is -0.0252. The Morgan fingerprint density at radius 3 is 2.67 bits per heavy atom. The van der Waals surface area contributed by atoms with Crippen LogP contribution in [0.2, 0.25) is 0 Å². The van der Waals surface area contributed by atoms with Gasteiger partial charge < -0.3 is 15.2 Å². The molecule has 0 fully saturated rings. The van der Waals surface area contributed by atoms with E-state index in [-0.39, 0.29) is 6.04 Å². The van der Waals surface area contributed by atoms with E-state index < -0.39 is 0 Å². The highest BCUT2D eigenvalue weighted by atomic mass is 16.5. The van der Waals surface area contributed by atoms with Crippen LogP contribution in [0, 0.1) is 0 Å². The number of hydrogen-bond acceptors (Lipinski definition) is 3. The lowest BCUT2D eigenvalue weighted by Gasteiger charge is -2.14. The first kappa shape index (κ1) is 11.9. The maximum Gasteiger partial charge on any atom is 0.127 e. The van der Waals surface area contributed by atoms with Crippen molar-refractivity contribution >= 4 is 0 Å². The standard InChI is InChI=1S/C12H19NO2/c1-4-7-15-12-8-10(14-3)5-6-11(12)9(2)13/h5-6,8-9H,4,7,13H2,1-3H3/t9-/m1/s1. The Morgan fingerprint density at radius 2 is 2.13 bits per heavy atom. The molecule has 2 N–H and O–H groups in total. The predicted octanol–water partition coefficient (Wildman–Crippen LogP) is 2.50. The molecule has 0 unspecified atom stereocenters. The van der Waals surface area contributed by atoms with Gasteiger partial charge >= 0.3 is 0 Å². The third-order valence-electron chi connectivity index (χ3n) is 2.17. The van der Waals surface area contributed by atoms with Gasteiger partial charge in [-0.25, -0.2) is 0 Å². The van der Waals surface area contributed by atoms with Crippen LogP contribution in [0.5, 0.6) is 11.5 Å². The second-order valence-electron chi connectivity index (χ2n) is 3.54. The number of nitrogens with two attached hydrogens (primary N) is 1. The lowest BCUT2D eigenvalue weighted by atomic mass is 10.1. The Balaban J connectivity index is 2.94. The van der Waals surface area contributed by atoms with Crippen LogP contribution in [0.4, 0.5) is 0 Å². The van der Waals surface area contributed by atoms with Gasteiger partial charge in [0.15, 0.2) is 0 Å². The topological polar surface area (TPSA) is 44.5 Å². The maximum atomic E-state index is 5.86. The molecule has 1 rings (SSSR count). The molecule has 0 heterocycles. The van der Waals surface area contributed by atoms with Gasteiger partial charge in [0.25, 0.3) is 0 Å². The fourth-order valence-electron chi connectivity index (χ4n) is 1.35. The summed E-state index contributed by atoms with van der Waals surface area (Å²) in [6.45, 7) is 4.72. The highest BCUT2D eigenvalue weighted by molar-refractivity contribution is 5.42. The summed E-state index contributed by atoms with van der Waals surface area (Å²) >= 11 is 0. The molecule has 0 aliphatic carbocycles. The lowest BCUT2D eigenvalue weighted by molar-refractivity contribution is 0.310. The zero-order valence-electron chi connectivity index (χ0n) is 9.62. The third kappa shape index (κ3) is 3.13. The van der Waals surface area contributed by atoms with Crippen LogP contribution in [0.1, 0.15) is 31.9 Å². The van der Waals surface area contributed by atoms with Crippen molar-refractivity contribution in [2.75, 3.05) is 13.7 Å². The fourth-order valence-corrected chi connectivity index (χ4v) is 1.35. The quantitative estimate of drug-likeness (QED) is 0.810. The van der Waals surface area contributed by atoms with E-state index in [1.807, 2.05) is 25.1 Å². The molecule has 3 nitrogen and oxygen atoms in total. The summed E-state index contributed by atoms with van der Waals surface area (Å²) in [6.07, 6.45) is 0.982. The second kappa shape index (κ2) is 5.61. The van der Waals surface area contributed by atoms with Gasteiger partial charge in [-0.2, -0.15) is 0 Å². The third-order valence-corrected chi connectivity index (χ3v) is 2.17. The highest BCUT2D eigenvalue weighted by Gasteiger charge is 2.09. The molecule has 15 heavy (non-hydrogen) atoms. The molecule has 0 aromatic heterocycles. The van der Waals surface area contributed by atoms with Crippen molar-refractivity contribution in [3.63, 3.8) is 0 Å². The minimum Gasteiger partial charge on any atom is -0.497 e. The van der Waals surface area contributed by atoms with Crippen molar-refractivity contribution in [3.05, 3.63) is 23.8 Å². The van der Waals surface area contributed by atoms with E-state index in [0.717, 1.165) is 23.5 Å².